The molecule has 24 heavy (non-hydrogen) atoms. The summed E-state index contributed by atoms with van der Waals surface area (Å²) in [4.78, 5) is 13.6. The number of para-hydroxylation sites is 1. The van der Waals surface area contributed by atoms with Crippen LogP contribution in [-0.4, -0.2) is 29.7 Å². The fourth-order valence-electron chi connectivity index (χ4n) is 2.33. The molecule has 0 aliphatic heterocycles. The van der Waals surface area contributed by atoms with Gasteiger partial charge in [-0.15, -0.1) is 0 Å². The number of H-pyrrole nitrogens is 1. The summed E-state index contributed by atoms with van der Waals surface area (Å²) < 4.78 is 1.94. The summed E-state index contributed by atoms with van der Waals surface area (Å²) >= 11 is 1.43. The minimum absolute atomic E-state index is 0.637. The van der Waals surface area contributed by atoms with Crippen molar-refractivity contribution in [3.8, 4) is 0 Å². The molecule has 0 spiro atoms. The van der Waals surface area contributed by atoms with Crippen molar-refractivity contribution in [3.05, 3.63) is 48.4 Å². The molecule has 4 aromatic rings. The molecule has 0 aliphatic carbocycles. The van der Waals surface area contributed by atoms with Crippen LogP contribution in [0.25, 0.3) is 10.9 Å². The molecular weight excluding hydrogens is 322 g/mol. The Morgan fingerprint density at radius 2 is 2.08 bits per heavy atom. The lowest BCUT2D eigenvalue weighted by Crippen LogP contribution is -1.99. The molecule has 3 aromatic heterocycles. The minimum Gasteiger partial charge on any atom is -0.329 e. The van der Waals surface area contributed by atoms with Crippen LogP contribution in [-0.2, 0) is 7.05 Å². The average Bonchev–Trinajstić information content (AvgIpc) is 3.16. The Labute approximate surface area is 142 Å². The third-order valence-electron chi connectivity index (χ3n) is 3.49. The fraction of sp³-hybridized carbons (Fsp3) is 0.125. The molecule has 0 saturated carbocycles. The van der Waals surface area contributed by atoms with Gasteiger partial charge in [0.2, 0.25) is 0 Å². The number of aromatic amines is 1. The predicted molar refractivity (Wildman–Crippen MR) is 93.5 cm³/mol. The van der Waals surface area contributed by atoms with E-state index in [1.807, 2.05) is 55.1 Å². The number of aromatic nitrogens is 6. The van der Waals surface area contributed by atoms with Crippen LogP contribution < -0.4 is 5.32 Å². The molecule has 0 bridgehead atoms. The summed E-state index contributed by atoms with van der Waals surface area (Å²) in [6.07, 6.45) is 3.66. The number of hydrogen-bond acceptors (Lipinski definition) is 6. The first-order chi connectivity index (χ1) is 11.7. The van der Waals surface area contributed by atoms with Gasteiger partial charge in [0.25, 0.3) is 0 Å². The largest absolute Gasteiger partial charge is 0.329 e. The van der Waals surface area contributed by atoms with Crippen LogP contribution in [0.3, 0.4) is 0 Å². The highest BCUT2D eigenvalue weighted by Crippen LogP contribution is 2.29. The van der Waals surface area contributed by atoms with Crippen LogP contribution >= 0.6 is 11.8 Å². The molecule has 0 radical (unpaired) electrons. The Balaban J connectivity index is 1.77. The highest BCUT2D eigenvalue weighted by molar-refractivity contribution is 7.99. The molecule has 7 nitrogen and oxygen atoms in total. The van der Waals surface area contributed by atoms with E-state index in [1.165, 1.54) is 11.8 Å². The van der Waals surface area contributed by atoms with Crippen LogP contribution in [0.4, 0.5) is 11.6 Å². The maximum absolute atomic E-state index is 4.65. The summed E-state index contributed by atoms with van der Waals surface area (Å²) in [5.41, 5.74) is 1.86. The average molecular weight is 337 g/mol. The van der Waals surface area contributed by atoms with Crippen molar-refractivity contribution in [3.63, 3.8) is 0 Å². The van der Waals surface area contributed by atoms with E-state index in [2.05, 4.69) is 30.5 Å². The number of nitrogens with one attached hydrogen (secondary N) is 2. The first kappa shape index (κ1) is 14.7. The fourth-order valence-corrected chi connectivity index (χ4v) is 3.09. The number of benzene rings is 1. The number of hydrogen-bond donors (Lipinski definition) is 2. The van der Waals surface area contributed by atoms with Crippen LogP contribution in [0.1, 0.15) is 5.69 Å². The zero-order valence-corrected chi connectivity index (χ0v) is 14.0. The molecule has 2 N–H and O–H groups in total. The van der Waals surface area contributed by atoms with Crippen molar-refractivity contribution in [2.45, 2.75) is 17.2 Å². The van der Waals surface area contributed by atoms with Gasteiger partial charge in [-0.05, 0) is 30.8 Å². The molecule has 0 amide bonds. The van der Waals surface area contributed by atoms with Gasteiger partial charge in [-0.3, -0.25) is 5.10 Å². The highest BCUT2D eigenvalue weighted by Gasteiger charge is 2.12. The van der Waals surface area contributed by atoms with Gasteiger partial charge in [-0.25, -0.2) is 15.0 Å². The summed E-state index contributed by atoms with van der Waals surface area (Å²) in [6.45, 7) is 1.96. The van der Waals surface area contributed by atoms with Crippen molar-refractivity contribution in [1.29, 1.82) is 0 Å². The molecule has 0 aliphatic rings. The summed E-state index contributed by atoms with van der Waals surface area (Å²) in [6, 6.07) is 9.83. The van der Waals surface area contributed by atoms with Crippen molar-refractivity contribution < 1.29 is 0 Å². The third kappa shape index (κ3) is 2.83. The van der Waals surface area contributed by atoms with Gasteiger partial charge in [0.05, 0.1) is 5.52 Å². The van der Waals surface area contributed by atoms with Crippen LogP contribution in [0.5, 0.6) is 0 Å². The smallest absolute Gasteiger partial charge is 0.197 e. The Hall–Kier alpha value is -2.87. The topological polar surface area (TPSA) is 84.3 Å². The second-order valence-electron chi connectivity index (χ2n) is 5.36. The zero-order chi connectivity index (χ0) is 16.5. The van der Waals surface area contributed by atoms with Gasteiger partial charge in [0.1, 0.15) is 5.82 Å². The summed E-state index contributed by atoms with van der Waals surface area (Å²) in [5, 5.41) is 12.8. The standard InChI is InChI=1S/C16H15N7S/c1-10-9-13(22-21-10)19-14-11-5-3-4-6-12(11)18-15(20-14)24-16-17-7-8-23(16)2/h3-9H,1-2H3,(H2,18,19,20,21,22). The number of fused-ring (bicyclic) bond motifs is 1. The second-order valence-corrected chi connectivity index (χ2v) is 6.29. The molecule has 0 saturated heterocycles. The maximum Gasteiger partial charge on any atom is 0.197 e. The van der Waals surface area contributed by atoms with E-state index >= 15 is 0 Å². The molecule has 1 aromatic carbocycles. The van der Waals surface area contributed by atoms with Crippen LogP contribution in [0, 0.1) is 6.92 Å². The van der Waals surface area contributed by atoms with Gasteiger partial charge in [0, 0.05) is 36.6 Å². The van der Waals surface area contributed by atoms with Crippen molar-refractivity contribution in [2.75, 3.05) is 5.32 Å². The second kappa shape index (κ2) is 5.97. The van der Waals surface area contributed by atoms with E-state index in [4.69, 9.17) is 0 Å². The lowest BCUT2D eigenvalue weighted by molar-refractivity contribution is 0.786. The third-order valence-corrected chi connectivity index (χ3v) is 4.44. The maximum atomic E-state index is 4.65. The van der Waals surface area contributed by atoms with Gasteiger partial charge in [0.15, 0.2) is 16.1 Å². The predicted octanol–water partition coefficient (Wildman–Crippen LogP) is 3.29. The van der Waals surface area contributed by atoms with Crippen molar-refractivity contribution in [1.82, 2.24) is 29.7 Å². The van der Waals surface area contributed by atoms with Gasteiger partial charge in [-0.1, -0.05) is 12.1 Å². The number of nitrogens with zero attached hydrogens (tertiary/aromatic N) is 5. The number of anilines is 2. The molecule has 0 unspecified atom stereocenters. The Morgan fingerprint density at radius 1 is 1.21 bits per heavy atom. The van der Waals surface area contributed by atoms with Gasteiger partial charge < -0.3 is 9.88 Å². The molecule has 0 atom stereocenters. The lowest BCUT2D eigenvalue weighted by Gasteiger charge is -2.08. The molecule has 4 rings (SSSR count). The SMILES string of the molecule is Cc1cc(Nc2nc(Sc3nccn3C)nc3ccccc23)n[nH]1. The van der Waals surface area contributed by atoms with Crippen molar-refractivity contribution >= 4 is 34.3 Å². The Morgan fingerprint density at radius 3 is 2.83 bits per heavy atom. The number of aryl methyl sites for hydroxylation is 2. The molecule has 3 heterocycles. The normalized spacial score (nSPS) is 11.1. The molecule has 8 heteroatoms. The van der Waals surface area contributed by atoms with Crippen LogP contribution in [0.2, 0.25) is 0 Å². The monoisotopic (exact) mass is 337 g/mol. The van der Waals surface area contributed by atoms with E-state index in [0.717, 1.165) is 33.4 Å². The lowest BCUT2D eigenvalue weighted by atomic mass is 10.2. The zero-order valence-electron chi connectivity index (χ0n) is 13.2. The first-order valence-electron chi connectivity index (χ1n) is 7.40. The van der Waals surface area contributed by atoms with Crippen molar-refractivity contribution in [2.24, 2.45) is 7.05 Å². The molecule has 120 valence electrons. The Kier molecular flexibility index (Phi) is 3.66. The van der Waals surface area contributed by atoms with E-state index in [1.54, 1.807) is 6.20 Å². The number of imidazole rings is 1. The minimum atomic E-state index is 0.637. The van der Waals surface area contributed by atoms with E-state index in [-0.39, 0.29) is 0 Å². The van der Waals surface area contributed by atoms with Gasteiger partial charge >= 0.3 is 0 Å². The Bertz CT molecular complexity index is 1000. The van der Waals surface area contributed by atoms with Crippen LogP contribution in [0.15, 0.2) is 53.0 Å². The molecule has 0 fully saturated rings. The van der Waals surface area contributed by atoms with Gasteiger partial charge in [-0.2, -0.15) is 5.10 Å². The quantitative estimate of drug-likeness (QED) is 0.556. The van der Waals surface area contributed by atoms with E-state index < -0.39 is 0 Å². The summed E-state index contributed by atoms with van der Waals surface area (Å²) in [5.74, 6) is 1.45. The van der Waals surface area contributed by atoms with E-state index in [0.29, 0.717) is 5.16 Å². The first-order valence-corrected chi connectivity index (χ1v) is 8.22. The van der Waals surface area contributed by atoms with E-state index in [9.17, 15) is 0 Å². The molecular formula is C16H15N7S. The highest BCUT2D eigenvalue weighted by atomic mass is 32.2. The number of rotatable bonds is 4. The summed E-state index contributed by atoms with van der Waals surface area (Å²) in [7, 11) is 1.95.